The van der Waals surface area contributed by atoms with Crippen molar-refractivity contribution >= 4 is 48.9 Å². The second kappa shape index (κ2) is 5.78. The summed E-state index contributed by atoms with van der Waals surface area (Å²) in [6.07, 6.45) is 0. The number of nitrogen functional groups attached to an aromatic ring is 1. The van der Waals surface area contributed by atoms with Gasteiger partial charge in [0, 0.05) is 11.8 Å². The normalized spacial score (nSPS) is 11.4. The molecule has 0 fully saturated rings. The molecule has 0 aliphatic heterocycles. The van der Waals surface area contributed by atoms with Crippen LogP contribution in [0.2, 0.25) is 5.02 Å². The Morgan fingerprint density at radius 3 is 2.48 bits per heavy atom. The van der Waals surface area contributed by atoms with Gasteiger partial charge in [0.15, 0.2) is 0 Å². The number of hydrogen-bond donors (Lipinski definition) is 2. The molecule has 0 amide bonds. The lowest BCUT2D eigenvalue weighted by molar-refractivity contribution is 0.579. The van der Waals surface area contributed by atoms with Gasteiger partial charge in [0.05, 0.1) is 15.2 Å². The van der Waals surface area contributed by atoms with Crippen LogP contribution >= 0.6 is 27.5 Å². The fourth-order valence-corrected chi connectivity index (χ4v) is 3.46. The molecule has 2 rings (SSSR count). The van der Waals surface area contributed by atoms with Gasteiger partial charge in [0.2, 0.25) is 0 Å². The first-order valence-electron chi connectivity index (χ1n) is 5.43. The summed E-state index contributed by atoms with van der Waals surface area (Å²) in [6.45, 7) is 0. The Labute approximate surface area is 133 Å². The number of nitrogens with one attached hydrogen (secondary N) is 1. The first-order chi connectivity index (χ1) is 9.70. The molecule has 0 saturated heterocycles. The molecule has 2 aromatic rings. The van der Waals surface area contributed by atoms with E-state index in [0.29, 0.717) is 6.07 Å². The highest BCUT2D eigenvalue weighted by atomic mass is 79.9. The fraction of sp³-hybridized carbons (Fsp3) is 0. The first-order valence-corrected chi connectivity index (χ1v) is 8.08. The van der Waals surface area contributed by atoms with Gasteiger partial charge in [0.25, 0.3) is 10.0 Å². The number of rotatable bonds is 3. The highest BCUT2D eigenvalue weighted by Crippen LogP contribution is 2.29. The van der Waals surface area contributed by atoms with Crippen LogP contribution in [0, 0.1) is 11.6 Å². The molecule has 21 heavy (non-hydrogen) atoms. The molecule has 4 nitrogen and oxygen atoms in total. The Balaban J connectivity index is 2.47. The number of halogens is 4. The minimum absolute atomic E-state index is 0.0710. The van der Waals surface area contributed by atoms with E-state index < -0.39 is 27.3 Å². The van der Waals surface area contributed by atoms with E-state index >= 15 is 0 Å². The van der Waals surface area contributed by atoms with Gasteiger partial charge in [-0.1, -0.05) is 11.6 Å². The summed E-state index contributed by atoms with van der Waals surface area (Å²) >= 11 is 8.65. The largest absolute Gasteiger partial charge is 0.399 e. The van der Waals surface area contributed by atoms with Crippen LogP contribution in [0.4, 0.5) is 20.2 Å². The quantitative estimate of drug-likeness (QED) is 0.612. The fourth-order valence-electron chi connectivity index (χ4n) is 1.53. The highest BCUT2D eigenvalue weighted by molar-refractivity contribution is 9.10. The summed E-state index contributed by atoms with van der Waals surface area (Å²) in [5, 5.41) is -0.0710. The molecule has 2 aromatic carbocycles. The van der Waals surface area contributed by atoms with E-state index in [0.717, 1.165) is 12.1 Å². The molecular formula is C12H8BrClF2N2O2S. The van der Waals surface area contributed by atoms with Gasteiger partial charge in [0.1, 0.15) is 16.5 Å². The predicted molar refractivity (Wildman–Crippen MR) is 80.7 cm³/mol. The van der Waals surface area contributed by atoms with Gasteiger partial charge in [-0.05, 0) is 40.2 Å². The number of benzene rings is 2. The van der Waals surface area contributed by atoms with Crippen LogP contribution in [0.3, 0.4) is 0 Å². The SMILES string of the molecule is Nc1ccc(Cl)c(S(=O)(=O)Nc2cc(Br)c(F)cc2F)c1. The average molecular weight is 398 g/mol. The van der Waals surface area contributed by atoms with Gasteiger partial charge in [-0.25, -0.2) is 17.2 Å². The maximum absolute atomic E-state index is 13.6. The van der Waals surface area contributed by atoms with E-state index in [4.69, 9.17) is 17.3 Å². The number of nitrogens with two attached hydrogens (primary N) is 1. The zero-order valence-corrected chi connectivity index (χ0v) is 13.4. The molecule has 0 aliphatic rings. The summed E-state index contributed by atoms with van der Waals surface area (Å²) in [6, 6.07) is 5.41. The van der Waals surface area contributed by atoms with Crippen molar-refractivity contribution in [2.75, 3.05) is 10.5 Å². The predicted octanol–water partition coefficient (Wildman–Crippen LogP) is 3.76. The van der Waals surface area contributed by atoms with E-state index in [1.807, 2.05) is 4.72 Å². The molecule has 9 heteroatoms. The molecular weight excluding hydrogens is 390 g/mol. The van der Waals surface area contributed by atoms with Crippen molar-refractivity contribution in [1.82, 2.24) is 0 Å². The minimum Gasteiger partial charge on any atom is -0.399 e. The van der Waals surface area contributed by atoms with Crippen molar-refractivity contribution in [3.05, 3.63) is 51.5 Å². The lowest BCUT2D eigenvalue weighted by atomic mass is 10.3. The molecule has 0 unspecified atom stereocenters. The summed E-state index contributed by atoms with van der Waals surface area (Å²) in [5.74, 6) is -1.91. The van der Waals surface area contributed by atoms with Crippen molar-refractivity contribution < 1.29 is 17.2 Å². The number of sulfonamides is 1. The monoisotopic (exact) mass is 396 g/mol. The average Bonchev–Trinajstić information content (AvgIpc) is 2.38. The molecule has 3 N–H and O–H groups in total. The van der Waals surface area contributed by atoms with Crippen molar-refractivity contribution in [2.45, 2.75) is 4.90 Å². The summed E-state index contributed by atoms with van der Waals surface area (Å²) in [4.78, 5) is -0.302. The molecule has 0 radical (unpaired) electrons. The maximum atomic E-state index is 13.6. The molecule has 0 spiro atoms. The number of anilines is 2. The van der Waals surface area contributed by atoms with Crippen molar-refractivity contribution in [3.63, 3.8) is 0 Å². The third kappa shape index (κ3) is 3.45. The summed E-state index contributed by atoms with van der Waals surface area (Å²) < 4.78 is 53.1. The first kappa shape index (κ1) is 16.0. The minimum atomic E-state index is -4.16. The van der Waals surface area contributed by atoms with Crippen molar-refractivity contribution in [1.29, 1.82) is 0 Å². The van der Waals surface area contributed by atoms with E-state index in [-0.39, 0.29) is 20.1 Å². The van der Waals surface area contributed by atoms with Gasteiger partial charge >= 0.3 is 0 Å². The Kier molecular flexibility index (Phi) is 4.40. The van der Waals surface area contributed by atoms with Gasteiger partial charge in [-0.3, -0.25) is 4.72 Å². The van der Waals surface area contributed by atoms with Crippen LogP contribution in [0.5, 0.6) is 0 Å². The lowest BCUT2D eigenvalue weighted by Crippen LogP contribution is -2.15. The molecule has 0 aromatic heterocycles. The van der Waals surface area contributed by atoms with Crippen LogP contribution in [0.1, 0.15) is 0 Å². The van der Waals surface area contributed by atoms with Crippen LogP contribution < -0.4 is 10.5 Å². The molecule has 112 valence electrons. The van der Waals surface area contributed by atoms with Gasteiger partial charge in [-0.2, -0.15) is 0 Å². The van der Waals surface area contributed by atoms with Crippen molar-refractivity contribution in [2.24, 2.45) is 0 Å². The zero-order chi connectivity index (χ0) is 15.8. The summed E-state index contributed by atoms with van der Waals surface area (Å²) in [7, 11) is -4.16. The van der Waals surface area contributed by atoms with Gasteiger partial charge < -0.3 is 5.73 Å². The summed E-state index contributed by atoms with van der Waals surface area (Å²) in [5.41, 5.74) is 5.28. The van der Waals surface area contributed by atoms with E-state index in [1.54, 1.807) is 0 Å². The molecule has 0 saturated carbocycles. The second-order valence-electron chi connectivity index (χ2n) is 4.04. The molecule has 0 heterocycles. The van der Waals surface area contributed by atoms with E-state index in [2.05, 4.69) is 15.9 Å². The van der Waals surface area contributed by atoms with Gasteiger partial charge in [-0.15, -0.1) is 0 Å². The number of hydrogen-bond acceptors (Lipinski definition) is 3. The van der Waals surface area contributed by atoms with Crippen LogP contribution in [0.15, 0.2) is 39.7 Å². The second-order valence-corrected chi connectivity index (χ2v) is 6.95. The smallest absolute Gasteiger partial charge is 0.263 e. The lowest BCUT2D eigenvalue weighted by Gasteiger charge is -2.11. The standard InChI is InChI=1S/C12H8BrClF2N2O2S/c13-7-4-11(10(16)5-9(7)15)18-21(19,20)12-3-6(17)1-2-8(12)14/h1-5,18H,17H2. The molecule has 0 aliphatic carbocycles. The van der Waals surface area contributed by atoms with E-state index in [1.165, 1.54) is 12.1 Å². The van der Waals surface area contributed by atoms with Crippen LogP contribution in [-0.2, 0) is 10.0 Å². The highest BCUT2D eigenvalue weighted by Gasteiger charge is 2.21. The zero-order valence-electron chi connectivity index (χ0n) is 10.2. The Bertz CT molecular complexity index is 815. The Hall–Kier alpha value is -1.38. The van der Waals surface area contributed by atoms with Crippen LogP contribution in [0.25, 0.3) is 0 Å². The van der Waals surface area contributed by atoms with Crippen molar-refractivity contribution in [3.8, 4) is 0 Å². The maximum Gasteiger partial charge on any atom is 0.263 e. The van der Waals surface area contributed by atoms with E-state index in [9.17, 15) is 17.2 Å². The third-order valence-electron chi connectivity index (χ3n) is 2.50. The molecule has 0 bridgehead atoms. The third-order valence-corrected chi connectivity index (χ3v) is 4.95. The molecule has 0 atom stereocenters. The topological polar surface area (TPSA) is 72.2 Å². The Morgan fingerprint density at radius 1 is 1.14 bits per heavy atom. The Morgan fingerprint density at radius 2 is 1.81 bits per heavy atom. The van der Waals surface area contributed by atoms with Crippen LogP contribution in [-0.4, -0.2) is 8.42 Å².